The minimum absolute atomic E-state index is 0.0991. The van der Waals surface area contributed by atoms with Crippen LogP contribution in [0.1, 0.15) is 43.7 Å². The summed E-state index contributed by atoms with van der Waals surface area (Å²) >= 11 is 5.39. The average Bonchev–Trinajstić information content (AvgIpc) is 2.99. The van der Waals surface area contributed by atoms with Gasteiger partial charge in [-0.2, -0.15) is 0 Å². The van der Waals surface area contributed by atoms with E-state index in [1.807, 2.05) is 6.92 Å². The first-order valence-corrected chi connectivity index (χ1v) is 8.53. The molecule has 114 valence electrons. The number of fused-ring (bicyclic) bond motifs is 4. The van der Waals surface area contributed by atoms with Crippen molar-refractivity contribution >= 4 is 12.2 Å². The molecule has 1 aromatic carbocycles. The number of H-pyrrole nitrogens is 1. The molecule has 1 N–H and O–H groups in total. The maximum absolute atomic E-state index is 12.9. The van der Waals surface area contributed by atoms with Gasteiger partial charge < -0.3 is 4.98 Å². The molecule has 0 unspecified atom stereocenters. The standard InChI is InChI=1S/C18H20N2OS/c1-2-20-16(21)13-11-18(9-5-6-10-18)14-8-4-3-7-12(14)15(13)19-17(20)22/h3-4,7-8H,2,5-6,9-11H2,1H3,(H,19,22). The fourth-order valence-electron chi connectivity index (χ4n) is 4.39. The van der Waals surface area contributed by atoms with Crippen LogP contribution in [0.15, 0.2) is 29.1 Å². The summed E-state index contributed by atoms with van der Waals surface area (Å²) in [6, 6.07) is 8.55. The Balaban J connectivity index is 2.06. The second kappa shape index (κ2) is 4.92. The molecule has 2 aliphatic carbocycles. The predicted octanol–water partition coefficient (Wildman–Crippen LogP) is 3.96. The maximum Gasteiger partial charge on any atom is 0.258 e. The second-order valence-corrected chi connectivity index (χ2v) is 6.93. The molecule has 0 saturated heterocycles. The fourth-order valence-corrected chi connectivity index (χ4v) is 4.70. The molecule has 1 heterocycles. The monoisotopic (exact) mass is 312 g/mol. The maximum atomic E-state index is 12.9. The van der Waals surface area contributed by atoms with Crippen LogP contribution in [0.4, 0.5) is 0 Å². The molecule has 2 aliphatic rings. The summed E-state index contributed by atoms with van der Waals surface area (Å²) in [6.45, 7) is 2.59. The Morgan fingerprint density at radius 1 is 1.27 bits per heavy atom. The van der Waals surface area contributed by atoms with E-state index in [0.29, 0.717) is 11.3 Å². The number of hydrogen-bond donors (Lipinski definition) is 1. The van der Waals surface area contributed by atoms with Gasteiger partial charge in [-0.25, -0.2) is 0 Å². The minimum atomic E-state index is 0.0991. The molecule has 2 aromatic rings. The van der Waals surface area contributed by atoms with Gasteiger partial charge in [0.25, 0.3) is 5.56 Å². The van der Waals surface area contributed by atoms with Crippen molar-refractivity contribution in [2.45, 2.75) is 51.0 Å². The zero-order valence-electron chi connectivity index (χ0n) is 12.8. The van der Waals surface area contributed by atoms with Gasteiger partial charge in [0.2, 0.25) is 0 Å². The van der Waals surface area contributed by atoms with Crippen LogP contribution in [0, 0.1) is 4.77 Å². The Bertz CT molecular complexity index is 856. The van der Waals surface area contributed by atoms with Crippen molar-refractivity contribution in [3.05, 3.63) is 50.5 Å². The highest BCUT2D eigenvalue weighted by Gasteiger charge is 2.42. The molecule has 4 heteroatoms. The molecule has 1 aromatic heterocycles. The Morgan fingerprint density at radius 3 is 2.73 bits per heavy atom. The van der Waals surface area contributed by atoms with Crippen LogP contribution in [0.2, 0.25) is 0 Å². The number of benzene rings is 1. The van der Waals surface area contributed by atoms with Gasteiger partial charge in [0, 0.05) is 23.1 Å². The van der Waals surface area contributed by atoms with Crippen molar-refractivity contribution in [1.82, 2.24) is 9.55 Å². The molecule has 1 saturated carbocycles. The zero-order chi connectivity index (χ0) is 15.3. The van der Waals surface area contributed by atoms with Gasteiger partial charge in [-0.15, -0.1) is 0 Å². The van der Waals surface area contributed by atoms with E-state index in [-0.39, 0.29) is 11.0 Å². The van der Waals surface area contributed by atoms with Crippen LogP contribution >= 0.6 is 12.2 Å². The van der Waals surface area contributed by atoms with Crippen molar-refractivity contribution < 1.29 is 0 Å². The lowest BCUT2D eigenvalue weighted by atomic mass is 9.68. The lowest BCUT2D eigenvalue weighted by molar-refractivity contribution is 0.428. The Morgan fingerprint density at radius 2 is 2.00 bits per heavy atom. The molecule has 0 atom stereocenters. The van der Waals surface area contributed by atoms with E-state index in [9.17, 15) is 4.79 Å². The highest BCUT2D eigenvalue weighted by Crippen LogP contribution is 2.50. The van der Waals surface area contributed by atoms with E-state index in [0.717, 1.165) is 17.7 Å². The quantitative estimate of drug-likeness (QED) is 0.809. The lowest BCUT2D eigenvalue weighted by Gasteiger charge is -2.36. The van der Waals surface area contributed by atoms with E-state index in [4.69, 9.17) is 12.2 Å². The first-order chi connectivity index (χ1) is 10.7. The summed E-state index contributed by atoms with van der Waals surface area (Å²) in [5.74, 6) is 0. The number of rotatable bonds is 1. The van der Waals surface area contributed by atoms with Gasteiger partial charge in [-0.3, -0.25) is 9.36 Å². The summed E-state index contributed by atoms with van der Waals surface area (Å²) in [4.78, 5) is 16.2. The van der Waals surface area contributed by atoms with E-state index in [1.54, 1.807) is 4.57 Å². The molecule has 3 nitrogen and oxygen atoms in total. The van der Waals surface area contributed by atoms with Crippen LogP contribution < -0.4 is 5.56 Å². The summed E-state index contributed by atoms with van der Waals surface area (Å²) in [5, 5.41) is 0. The van der Waals surface area contributed by atoms with Crippen LogP contribution in [-0.2, 0) is 18.4 Å². The third-order valence-corrected chi connectivity index (χ3v) is 5.76. The Kier molecular flexibility index (Phi) is 3.12. The third-order valence-electron chi connectivity index (χ3n) is 5.44. The zero-order valence-corrected chi connectivity index (χ0v) is 13.6. The first-order valence-electron chi connectivity index (χ1n) is 8.12. The van der Waals surface area contributed by atoms with Crippen molar-refractivity contribution in [3.8, 4) is 11.3 Å². The fraction of sp³-hybridized carbons (Fsp3) is 0.444. The summed E-state index contributed by atoms with van der Waals surface area (Å²) in [6.07, 6.45) is 5.74. The summed E-state index contributed by atoms with van der Waals surface area (Å²) in [5.41, 5.74) is 4.72. The van der Waals surface area contributed by atoms with Gasteiger partial charge in [-0.05, 0) is 44.0 Å². The minimum Gasteiger partial charge on any atom is -0.331 e. The normalized spacial score (nSPS) is 18.2. The van der Waals surface area contributed by atoms with Gasteiger partial charge in [-0.1, -0.05) is 37.1 Å². The van der Waals surface area contributed by atoms with E-state index in [1.165, 1.54) is 36.8 Å². The van der Waals surface area contributed by atoms with Gasteiger partial charge in [0.15, 0.2) is 4.77 Å². The average molecular weight is 312 g/mol. The molecule has 1 fully saturated rings. The smallest absolute Gasteiger partial charge is 0.258 e. The number of aromatic nitrogens is 2. The molecular formula is C18H20N2OS. The van der Waals surface area contributed by atoms with Gasteiger partial charge in [0.05, 0.1) is 5.69 Å². The third kappa shape index (κ3) is 1.80. The van der Waals surface area contributed by atoms with Crippen molar-refractivity contribution in [1.29, 1.82) is 0 Å². The van der Waals surface area contributed by atoms with Crippen molar-refractivity contribution in [3.63, 3.8) is 0 Å². The highest BCUT2D eigenvalue weighted by atomic mass is 32.1. The molecular weight excluding hydrogens is 292 g/mol. The van der Waals surface area contributed by atoms with Crippen LogP contribution in [-0.4, -0.2) is 9.55 Å². The van der Waals surface area contributed by atoms with Crippen molar-refractivity contribution in [2.24, 2.45) is 0 Å². The number of nitrogens with one attached hydrogen (secondary N) is 1. The van der Waals surface area contributed by atoms with Crippen LogP contribution in [0.25, 0.3) is 11.3 Å². The number of aromatic amines is 1. The lowest BCUT2D eigenvalue weighted by Crippen LogP contribution is -2.36. The number of hydrogen-bond acceptors (Lipinski definition) is 2. The van der Waals surface area contributed by atoms with Crippen LogP contribution in [0.3, 0.4) is 0 Å². The summed E-state index contributed by atoms with van der Waals surface area (Å²) in [7, 11) is 0. The number of nitrogens with zero attached hydrogens (tertiary/aromatic N) is 1. The largest absolute Gasteiger partial charge is 0.331 e. The predicted molar refractivity (Wildman–Crippen MR) is 90.8 cm³/mol. The Labute approximate surface area is 135 Å². The topological polar surface area (TPSA) is 37.8 Å². The second-order valence-electron chi connectivity index (χ2n) is 6.54. The molecule has 0 aliphatic heterocycles. The van der Waals surface area contributed by atoms with Crippen molar-refractivity contribution in [2.75, 3.05) is 0 Å². The molecule has 0 bridgehead atoms. The molecule has 0 radical (unpaired) electrons. The summed E-state index contributed by atoms with van der Waals surface area (Å²) < 4.78 is 2.22. The SMILES string of the molecule is CCn1c(=S)[nH]c2c(c1=O)CC1(CCCC1)c1ccccc1-2. The molecule has 22 heavy (non-hydrogen) atoms. The van der Waals surface area contributed by atoms with Crippen LogP contribution in [0.5, 0.6) is 0 Å². The van der Waals surface area contributed by atoms with Gasteiger partial charge in [0.1, 0.15) is 0 Å². The van der Waals surface area contributed by atoms with E-state index >= 15 is 0 Å². The highest BCUT2D eigenvalue weighted by molar-refractivity contribution is 7.71. The van der Waals surface area contributed by atoms with E-state index in [2.05, 4.69) is 29.2 Å². The van der Waals surface area contributed by atoms with E-state index < -0.39 is 0 Å². The first kappa shape index (κ1) is 13.9. The molecule has 0 amide bonds. The van der Waals surface area contributed by atoms with Gasteiger partial charge >= 0.3 is 0 Å². The Hall–Kier alpha value is -1.68. The molecule has 4 rings (SSSR count). The molecule has 1 spiro atoms.